The molecule has 1 aromatic carbocycles. The van der Waals surface area contributed by atoms with Crippen molar-refractivity contribution in [2.24, 2.45) is 5.92 Å². The summed E-state index contributed by atoms with van der Waals surface area (Å²) in [6, 6.07) is 5.81. The number of carbonyl (C=O) groups excluding carboxylic acids is 1. The molecule has 9 N–H and O–H groups in total. The lowest BCUT2D eigenvalue weighted by molar-refractivity contribution is -0.326. The number of rotatable bonds is 13. The van der Waals surface area contributed by atoms with Crippen molar-refractivity contribution >= 4 is 11.9 Å². The SMILES string of the molecule is CC(C)C[C@](CC(=O)O)(O[C@@H]1O[C@H](CO)[C@@H](O)[C@H](O)[C@H]1O)C(=O)OCc1ccc(O[C@@H]2O[C@H](CO)[C@@H](O)[C@H](O)[C@H]2O)cc1. The number of aliphatic carboxylic acids is 1. The second kappa shape index (κ2) is 15.0. The lowest BCUT2D eigenvalue weighted by Gasteiger charge is -2.43. The van der Waals surface area contributed by atoms with E-state index in [2.05, 4.69) is 0 Å². The first-order valence-corrected chi connectivity index (χ1v) is 13.7. The van der Waals surface area contributed by atoms with E-state index in [-0.39, 0.29) is 24.7 Å². The monoisotopic (exact) mass is 620 g/mol. The fraction of sp³-hybridized carbons (Fsp3) is 0.704. The van der Waals surface area contributed by atoms with Crippen LogP contribution < -0.4 is 4.74 Å². The van der Waals surface area contributed by atoms with Crippen LogP contribution in [-0.2, 0) is 35.1 Å². The molecule has 0 aliphatic carbocycles. The Labute approximate surface area is 246 Å². The van der Waals surface area contributed by atoms with Crippen LogP contribution in [0.15, 0.2) is 24.3 Å². The summed E-state index contributed by atoms with van der Waals surface area (Å²) in [4.78, 5) is 25.3. The minimum atomic E-state index is -2.19. The van der Waals surface area contributed by atoms with Gasteiger partial charge in [-0.05, 0) is 30.0 Å². The molecule has 0 bridgehead atoms. The third-order valence-electron chi connectivity index (χ3n) is 7.13. The second-order valence-electron chi connectivity index (χ2n) is 11.0. The molecule has 2 saturated heterocycles. The van der Waals surface area contributed by atoms with Crippen LogP contribution in [-0.4, -0.2) is 138 Å². The smallest absolute Gasteiger partial charge is 0.339 e. The standard InChI is InChI=1S/C27H40O16/c1-12(2)7-27(8-17(30)31,43-25-23(37)21(35)19(33)16(10-29)42-25)26(38)39-11-13-3-5-14(6-4-13)40-24-22(36)20(34)18(32)15(9-28)41-24/h3-6,12,15-16,18-25,28-29,32-37H,7-11H2,1-2H3,(H,30,31)/t15-,16-,18-,19-,20+,21+,22-,23-,24-,25+,27-/m1/s1. The van der Waals surface area contributed by atoms with Crippen molar-refractivity contribution in [3.05, 3.63) is 29.8 Å². The van der Waals surface area contributed by atoms with E-state index < -0.39 is 98.6 Å². The minimum Gasteiger partial charge on any atom is -0.481 e. The molecule has 0 spiro atoms. The van der Waals surface area contributed by atoms with Crippen molar-refractivity contribution in [3.8, 4) is 5.75 Å². The Balaban J connectivity index is 1.73. The average Bonchev–Trinajstić information content (AvgIpc) is 2.96. The Kier molecular flexibility index (Phi) is 12.2. The highest BCUT2D eigenvalue weighted by molar-refractivity contribution is 5.85. The first kappa shape index (κ1) is 35.0. The van der Waals surface area contributed by atoms with E-state index in [1.54, 1.807) is 13.8 Å². The van der Waals surface area contributed by atoms with Gasteiger partial charge < -0.3 is 69.6 Å². The third kappa shape index (κ3) is 8.37. The van der Waals surface area contributed by atoms with Crippen molar-refractivity contribution in [3.63, 3.8) is 0 Å². The minimum absolute atomic E-state index is 0.158. The molecule has 16 nitrogen and oxygen atoms in total. The van der Waals surface area contributed by atoms with Gasteiger partial charge in [0.2, 0.25) is 6.29 Å². The van der Waals surface area contributed by atoms with E-state index in [1.807, 2.05) is 0 Å². The predicted octanol–water partition coefficient (Wildman–Crippen LogP) is -3.02. The number of benzene rings is 1. The normalized spacial score (nSPS) is 34.4. The summed E-state index contributed by atoms with van der Waals surface area (Å²) >= 11 is 0. The van der Waals surface area contributed by atoms with Gasteiger partial charge in [0.25, 0.3) is 0 Å². The first-order valence-electron chi connectivity index (χ1n) is 13.7. The molecule has 0 radical (unpaired) electrons. The van der Waals surface area contributed by atoms with Crippen molar-refractivity contribution < 1.29 is 79.2 Å². The van der Waals surface area contributed by atoms with Crippen LogP contribution in [0.4, 0.5) is 0 Å². The maximum Gasteiger partial charge on any atom is 0.339 e. The van der Waals surface area contributed by atoms with Gasteiger partial charge in [-0.25, -0.2) is 4.79 Å². The molecule has 11 atom stereocenters. The topological polar surface area (TPSA) is 262 Å². The van der Waals surface area contributed by atoms with Gasteiger partial charge in [-0.3, -0.25) is 4.79 Å². The third-order valence-corrected chi connectivity index (χ3v) is 7.13. The van der Waals surface area contributed by atoms with E-state index in [4.69, 9.17) is 23.7 Å². The van der Waals surface area contributed by atoms with Crippen LogP contribution in [0.3, 0.4) is 0 Å². The molecule has 244 valence electrons. The average molecular weight is 621 g/mol. The molecular formula is C27H40O16. The zero-order valence-corrected chi connectivity index (χ0v) is 23.6. The van der Waals surface area contributed by atoms with Crippen molar-refractivity contribution in [1.82, 2.24) is 0 Å². The quantitative estimate of drug-likeness (QED) is 0.0994. The number of hydrogen-bond acceptors (Lipinski definition) is 15. The molecule has 43 heavy (non-hydrogen) atoms. The largest absolute Gasteiger partial charge is 0.481 e. The summed E-state index contributed by atoms with van der Waals surface area (Å²) in [5.74, 6) is -2.71. The molecule has 0 aromatic heterocycles. The number of carboxylic acids is 1. The van der Waals surface area contributed by atoms with E-state index >= 15 is 0 Å². The molecule has 1 aromatic rings. The van der Waals surface area contributed by atoms with Crippen molar-refractivity contribution in [1.29, 1.82) is 0 Å². The number of carboxylic acid groups (broad SMARTS) is 1. The molecule has 16 heteroatoms. The van der Waals surface area contributed by atoms with Gasteiger partial charge in [0.15, 0.2) is 11.9 Å². The van der Waals surface area contributed by atoms with Gasteiger partial charge in [-0.15, -0.1) is 0 Å². The number of ether oxygens (including phenoxy) is 5. The molecular weight excluding hydrogens is 580 g/mol. The van der Waals surface area contributed by atoms with Crippen LogP contribution in [0.25, 0.3) is 0 Å². The molecule has 2 aliphatic rings. The number of hydrogen-bond donors (Lipinski definition) is 9. The maximum absolute atomic E-state index is 13.4. The van der Waals surface area contributed by atoms with Gasteiger partial charge in [-0.1, -0.05) is 26.0 Å². The second-order valence-corrected chi connectivity index (χ2v) is 11.0. The summed E-state index contributed by atoms with van der Waals surface area (Å²) < 4.78 is 27.3. The van der Waals surface area contributed by atoms with E-state index in [1.165, 1.54) is 24.3 Å². The molecule has 2 fully saturated rings. The highest BCUT2D eigenvalue weighted by Crippen LogP contribution is 2.34. The summed E-state index contributed by atoms with van der Waals surface area (Å²) in [7, 11) is 0. The van der Waals surface area contributed by atoms with E-state index in [0.717, 1.165) is 0 Å². The fourth-order valence-electron chi connectivity index (χ4n) is 4.90. The molecule has 2 aliphatic heterocycles. The van der Waals surface area contributed by atoms with Crippen LogP contribution in [0, 0.1) is 5.92 Å². The van der Waals surface area contributed by atoms with Gasteiger partial charge in [0, 0.05) is 0 Å². The molecule has 0 amide bonds. The van der Waals surface area contributed by atoms with Gasteiger partial charge in [0.05, 0.1) is 19.6 Å². The summed E-state index contributed by atoms with van der Waals surface area (Å²) in [5, 5.41) is 89.1. The Morgan fingerprint density at radius 2 is 1.33 bits per heavy atom. The highest BCUT2D eigenvalue weighted by Gasteiger charge is 2.52. The molecule has 2 heterocycles. The van der Waals surface area contributed by atoms with Crippen LogP contribution in [0.2, 0.25) is 0 Å². The molecule has 0 saturated carbocycles. The lowest BCUT2D eigenvalue weighted by Crippen LogP contribution is -2.62. The number of carbonyl (C=O) groups is 2. The Hall–Kier alpha value is -2.48. The Morgan fingerprint density at radius 3 is 1.81 bits per heavy atom. The first-order chi connectivity index (χ1) is 20.2. The highest BCUT2D eigenvalue weighted by atomic mass is 16.7. The summed E-state index contributed by atoms with van der Waals surface area (Å²) in [5.41, 5.74) is -1.78. The number of esters is 1. The van der Waals surface area contributed by atoms with E-state index in [9.17, 15) is 55.5 Å². The van der Waals surface area contributed by atoms with Crippen LogP contribution in [0.5, 0.6) is 5.75 Å². The van der Waals surface area contributed by atoms with E-state index in [0.29, 0.717) is 5.56 Å². The Morgan fingerprint density at radius 1 is 0.814 bits per heavy atom. The Bertz CT molecular complexity index is 1050. The lowest BCUT2D eigenvalue weighted by atomic mass is 9.88. The molecule has 0 unspecified atom stereocenters. The maximum atomic E-state index is 13.4. The zero-order valence-electron chi connectivity index (χ0n) is 23.6. The van der Waals surface area contributed by atoms with Crippen molar-refractivity contribution in [2.45, 2.75) is 100 Å². The zero-order chi connectivity index (χ0) is 32.1. The summed E-state index contributed by atoms with van der Waals surface area (Å²) in [6.45, 7) is 1.62. The fourth-order valence-corrected chi connectivity index (χ4v) is 4.90. The van der Waals surface area contributed by atoms with Crippen LogP contribution >= 0.6 is 0 Å². The number of aliphatic hydroxyl groups excluding tert-OH is 8. The van der Waals surface area contributed by atoms with Gasteiger partial charge in [-0.2, -0.15) is 0 Å². The van der Waals surface area contributed by atoms with Crippen molar-refractivity contribution in [2.75, 3.05) is 13.2 Å². The predicted molar refractivity (Wildman–Crippen MR) is 140 cm³/mol. The summed E-state index contributed by atoms with van der Waals surface area (Å²) in [6.07, 6.45) is -17.0. The van der Waals surface area contributed by atoms with Gasteiger partial charge in [0.1, 0.15) is 61.2 Å². The van der Waals surface area contributed by atoms with Gasteiger partial charge >= 0.3 is 11.9 Å². The van der Waals surface area contributed by atoms with Crippen LogP contribution in [0.1, 0.15) is 32.3 Å². The number of aliphatic hydroxyl groups is 8. The molecule has 3 rings (SSSR count).